The van der Waals surface area contributed by atoms with E-state index in [1.807, 2.05) is 24.3 Å². The molecule has 4 rings (SSSR count). The van der Waals surface area contributed by atoms with Gasteiger partial charge in [0, 0.05) is 43.1 Å². The fourth-order valence-corrected chi connectivity index (χ4v) is 3.84. The number of rotatable bonds is 0. The van der Waals surface area contributed by atoms with Gasteiger partial charge in [-0.3, -0.25) is 4.79 Å². The first-order valence-electron chi connectivity index (χ1n) is 6.97. The number of fused-ring (bicyclic) bond motifs is 4. The van der Waals surface area contributed by atoms with Crippen molar-refractivity contribution in [1.82, 2.24) is 4.98 Å². The van der Waals surface area contributed by atoms with Gasteiger partial charge in [0.15, 0.2) is 5.78 Å². The number of hydrogen-bond acceptors (Lipinski definition) is 1. The smallest absolute Gasteiger partial charge is 0.195 e. The van der Waals surface area contributed by atoms with Crippen LogP contribution in [0.1, 0.15) is 41.0 Å². The van der Waals surface area contributed by atoms with E-state index in [1.165, 1.54) is 0 Å². The molecular weight excluding hydrogens is 362 g/mol. The number of H-pyrrole nitrogens is 1. The molecule has 1 aliphatic rings. The first kappa shape index (κ1) is 14.0. The summed E-state index contributed by atoms with van der Waals surface area (Å²) in [6.45, 7) is 4.23. The molecule has 0 saturated heterocycles. The summed E-state index contributed by atoms with van der Waals surface area (Å²) < 4.78 is 0.984. The minimum absolute atomic E-state index is 0.0220. The first-order chi connectivity index (χ1) is 10.4. The van der Waals surface area contributed by atoms with E-state index in [9.17, 15) is 4.79 Å². The van der Waals surface area contributed by atoms with Crippen molar-refractivity contribution in [3.05, 3.63) is 68.3 Å². The fraction of sp³-hybridized carbons (Fsp3) is 0.167. The second kappa shape index (κ2) is 4.46. The lowest BCUT2D eigenvalue weighted by molar-refractivity contribution is 0.103. The summed E-state index contributed by atoms with van der Waals surface area (Å²) in [5.74, 6) is 0.0220. The second-order valence-electron chi connectivity index (χ2n) is 6.13. The molecule has 0 spiro atoms. The van der Waals surface area contributed by atoms with Crippen molar-refractivity contribution in [2.24, 2.45) is 0 Å². The predicted octanol–water partition coefficient (Wildman–Crippen LogP) is 5.25. The maximum atomic E-state index is 13.0. The molecule has 2 nitrogen and oxygen atoms in total. The molecule has 3 aromatic rings. The van der Waals surface area contributed by atoms with E-state index < -0.39 is 0 Å². The molecule has 0 atom stereocenters. The van der Waals surface area contributed by atoms with Crippen molar-refractivity contribution in [2.75, 3.05) is 0 Å². The van der Waals surface area contributed by atoms with Crippen LogP contribution in [0, 0.1) is 6.07 Å². The molecule has 0 aliphatic heterocycles. The van der Waals surface area contributed by atoms with Gasteiger partial charge in [-0.1, -0.05) is 47.4 Å². The third-order valence-electron chi connectivity index (χ3n) is 4.45. The standard InChI is InChI=1S/C18H12BrClNO/c1-18(2)13-6-4-10(20)8-12(13)16(22)15-11-5-3-9(19)7-14(11)21-17(15)18/h3,5-8,21H,1-2H3. The Labute approximate surface area is 141 Å². The molecule has 2 aromatic carbocycles. The van der Waals surface area contributed by atoms with E-state index in [0.29, 0.717) is 10.6 Å². The SMILES string of the molecule is CC1(C)c2c[c]c(Cl)cc2C(=O)c2c1[nH]c1cc(Br)ccc21. The molecule has 0 bridgehead atoms. The van der Waals surface area contributed by atoms with Crippen molar-refractivity contribution in [3.8, 4) is 0 Å². The largest absolute Gasteiger partial charge is 0.357 e. The molecule has 22 heavy (non-hydrogen) atoms. The summed E-state index contributed by atoms with van der Waals surface area (Å²) in [5, 5.41) is 1.42. The number of nitrogens with one attached hydrogen (secondary N) is 1. The molecule has 0 unspecified atom stereocenters. The number of carbonyl (C=O) groups excluding carboxylic acids is 1. The van der Waals surface area contributed by atoms with Crippen LogP contribution in [0.15, 0.2) is 34.8 Å². The molecule has 0 amide bonds. The highest BCUT2D eigenvalue weighted by Crippen LogP contribution is 2.44. The molecular formula is C18H12BrClNO. The monoisotopic (exact) mass is 372 g/mol. The lowest BCUT2D eigenvalue weighted by atomic mass is 9.71. The Kier molecular flexibility index (Phi) is 2.85. The number of aromatic amines is 1. The maximum Gasteiger partial charge on any atom is 0.195 e. The van der Waals surface area contributed by atoms with Crippen molar-refractivity contribution >= 4 is 44.2 Å². The van der Waals surface area contributed by atoms with Gasteiger partial charge < -0.3 is 4.98 Å². The summed E-state index contributed by atoms with van der Waals surface area (Å²) in [7, 11) is 0. The van der Waals surface area contributed by atoms with Gasteiger partial charge in [0.25, 0.3) is 0 Å². The predicted molar refractivity (Wildman–Crippen MR) is 91.8 cm³/mol. The van der Waals surface area contributed by atoms with Crippen LogP contribution in [0.2, 0.25) is 5.02 Å². The second-order valence-corrected chi connectivity index (χ2v) is 7.45. The molecule has 4 heteroatoms. The van der Waals surface area contributed by atoms with Crippen LogP contribution in [0.4, 0.5) is 0 Å². The Bertz CT molecular complexity index is 955. The van der Waals surface area contributed by atoms with Gasteiger partial charge >= 0.3 is 0 Å². The highest BCUT2D eigenvalue weighted by atomic mass is 79.9. The normalized spacial score (nSPS) is 15.7. The number of ketones is 1. The van der Waals surface area contributed by atoms with Gasteiger partial charge in [0.1, 0.15) is 0 Å². The van der Waals surface area contributed by atoms with Gasteiger partial charge in [-0.15, -0.1) is 0 Å². The average molecular weight is 374 g/mol. The van der Waals surface area contributed by atoms with Crippen molar-refractivity contribution < 1.29 is 4.79 Å². The molecule has 0 fully saturated rings. The van der Waals surface area contributed by atoms with E-state index in [4.69, 9.17) is 11.6 Å². The Morgan fingerprint density at radius 3 is 2.82 bits per heavy atom. The molecule has 1 aliphatic carbocycles. The van der Waals surface area contributed by atoms with Crippen LogP contribution in [-0.2, 0) is 5.41 Å². The zero-order chi connectivity index (χ0) is 15.6. The summed E-state index contributed by atoms with van der Waals surface area (Å²) in [6.07, 6.45) is 0. The Morgan fingerprint density at radius 1 is 1.27 bits per heavy atom. The Hall–Kier alpha value is -1.58. The minimum Gasteiger partial charge on any atom is -0.357 e. The first-order valence-corrected chi connectivity index (χ1v) is 8.15. The summed E-state index contributed by atoms with van der Waals surface area (Å²) in [6, 6.07) is 12.5. The Morgan fingerprint density at radius 2 is 2.05 bits per heavy atom. The molecule has 1 radical (unpaired) electrons. The summed E-state index contributed by atoms with van der Waals surface area (Å²) in [4.78, 5) is 16.4. The van der Waals surface area contributed by atoms with Crippen molar-refractivity contribution in [1.29, 1.82) is 0 Å². The summed E-state index contributed by atoms with van der Waals surface area (Å²) in [5.41, 5.74) is 4.00. The molecule has 1 aromatic heterocycles. The molecule has 1 heterocycles. The third-order valence-corrected chi connectivity index (χ3v) is 5.16. The molecule has 0 saturated carbocycles. The van der Waals surface area contributed by atoms with E-state index in [-0.39, 0.29) is 11.2 Å². The van der Waals surface area contributed by atoms with Gasteiger partial charge in [-0.25, -0.2) is 0 Å². The minimum atomic E-state index is -0.300. The number of aromatic nitrogens is 1. The van der Waals surface area contributed by atoms with E-state index in [1.54, 1.807) is 6.07 Å². The van der Waals surface area contributed by atoms with E-state index in [2.05, 4.69) is 40.8 Å². The zero-order valence-corrected chi connectivity index (χ0v) is 14.4. The highest BCUT2D eigenvalue weighted by Gasteiger charge is 2.39. The van der Waals surface area contributed by atoms with E-state index >= 15 is 0 Å². The van der Waals surface area contributed by atoms with Crippen LogP contribution in [-0.4, -0.2) is 10.8 Å². The number of carbonyl (C=O) groups is 1. The van der Waals surface area contributed by atoms with Gasteiger partial charge in [-0.05, 0) is 29.8 Å². The van der Waals surface area contributed by atoms with Crippen molar-refractivity contribution in [2.45, 2.75) is 19.3 Å². The molecule has 1 N–H and O–H groups in total. The number of hydrogen-bond donors (Lipinski definition) is 1. The maximum absolute atomic E-state index is 13.0. The highest BCUT2D eigenvalue weighted by molar-refractivity contribution is 9.10. The van der Waals surface area contributed by atoms with Gasteiger partial charge in [-0.2, -0.15) is 0 Å². The number of benzene rings is 2. The fourth-order valence-electron chi connectivity index (χ4n) is 3.31. The van der Waals surface area contributed by atoms with Gasteiger partial charge in [0.05, 0.1) is 5.56 Å². The quantitative estimate of drug-likeness (QED) is 0.573. The van der Waals surface area contributed by atoms with Crippen LogP contribution in [0.3, 0.4) is 0 Å². The van der Waals surface area contributed by atoms with Gasteiger partial charge in [0.2, 0.25) is 0 Å². The van der Waals surface area contributed by atoms with Crippen molar-refractivity contribution in [3.63, 3.8) is 0 Å². The third kappa shape index (κ3) is 1.76. The van der Waals surface area contributed by atoms with Crippen LogP contribution in [0.25, 0.3) is 10.9 Å². The number of halogens is 2. The zero-order valence-electron chi connectivity index (χ0n) is 12.1. The average Bonchev–Trinajstić information content (AvgIpc) is 2.84. The lowest BCUT2D eigenvalue weighted by Gasteiger charge is -2.32. The molecule has 109 valence electrons. The summed E-state index contributed by atoms with van der Waals surface area (Å²) >= 11 is 9.53. The van der Waals surface area contributed by atoms with E-state index in [0.717, 1.165) is 32.2 Å². The van der Waals surface area contributed by atoms with Crippen LogP contribution < -0.4 is 0 Å². The Balaban J connectivity index is 2.12. The van der Waals surface area contributed by atoms with Crippen LogP contribution >= 0.6 is 27.5 Å². The van der Waals surface area contributed by atoms with Crippen LogP contribution in [0.5, 0.6) is 0 Å². The topological polar surface area (TPSA) is 32.9 Å². The lowest BCUT2D eigenvalue weighted by Crippen LogP contribution is -2.30.